The highest BCUT2D eigenvalue weighted by Gasteiger charge is 2.06. The molecule has 2 rings (SSSR count). The highest BCUT2D eigenvalue weighted by atomic mass is 16.1. The van der Waals surface area contributed by atoms with Crippen molar-refractivity contribution in [3.63, 3.8) is 0 Å². The number of benzene rings is 1. The van der Waals surface area contributed by atoms with Crippen LogP contribution in [0, 0.1) is 6.92 Å². The minimum atomic E-state index is -0.323. The molecule has 1 N–H and O–H groups in total. The summed E-state index contributed by atoms with van der Waals surface area (Å²) >= 11 is 0. The van der Waals surface area contributed by atoms with E-state index in [1.165, 1.54) is 0 Å². The van der Waals surface area contributed by atoms with E-state index < -0.39 is 0 Å². The predicted molar refractivity (Wildman–Crippen MR) is 54.7 cm³/mol. The maximum Gasteiger partial charge on any atom is 0.259 e. The highest BCUT2D eigenvalue weighted by molar-refractivity contribution is 5.98. The van der Waals surface area contributed by atoms with Crippen LogP contribution in [-0.2, 0) is 0 Å². The molecule has 1 aromatic carbocycles. The normalized spacial score (nSPS) is 10.4. The first-order valence-electron chi connectivity index (χ1n) is 4.31. The van der Waals surface area contributed by atoms with Crippen molar-refractivity contribution in [3.05, 3.63) is 45.9 Å². The molecule has 70 valence electrons. The van der Waals surface area contributed by atoms with Gasteiger partial charge in [0.1, 0.15) is 0 Å². The van der Waals surface area contributed by atoms with Crippen LogP contribution in [0.2, 0.25) is 0 Å². The van der Waals surface area contributed by atoms with Gasteiger partial charge >= 0.3 is 0 Å². The molecule has 0 radical (unpaired) electrons. The van der Waals surface area contributed by atoms with Crippen molar-refractivity contribution in [1.29, 1.82) is 0 Å². The summed E-state index contributed by atoms with van der Waals surface area (Å²) in [5.74, 6) is 0. The van der Waals surface area contributed by atoms with E-state index >= 15 is 0 Å². The molecule has 0 amide bonds. The third-order valence-electron chi connectivity index (χ3n) is 2.28. The molecular weight excluding hydrogens is 178 g/mol. The molecule has 3 nitrogen and oxygen atoms in total. The number of pyridine rings is 1. The van der Waals surface area contributed by atoms with Crippen molar-refractivity contribution in [3.8, 4) is 0 Å². The molecule has 0 saturated carbocycles. The van der Waals surface area contributed by atoms with E-state index in [1.54, 1.807) is 6.07 Å². The fourth-order valence-electron chi connectivity index (χ4n) is 1.59. The number of fused-ring (bicyclic) bond motifs is 1. The number of aryl methyl sites for hydroxylation is 1. The Morgan fingerprint density at radius 2 is 1.86 bits per heavy atom. The van der Waals surface area contributed by atoms with Gasteiger partial charge in [0.15, 0.2) is 6.29 Å². The number of aromatic amines is 1. The summed E-state index contributed by atoms with van der Waals surface area (Å²) in [6.45, 7) is 1.82. The molecule has 0 bridgehead atoms. The third-order valence-corrected chi connectivity index (χ3v) is 2.28. The Morgan fingerprint density at radius 3 is 2.50 bits per heavy atom. The first-order chi connectivity index (χ1) is 6.74. The first kappa shape index (κ1) is 8.69. The van der Waals surface area contributed by atoms with Gasteiger partial charge in [-0.2, -0.15) is 0 Å². The van der Waals surface area contributed by atoms with Crippen LogP contribution in [0.15, 0.2) is 29.1 Å². The summed E-state index contributed by atoms with van der Waals surface area (Å²) in [6, 6.07) is 7.35. The molecule has 0 aliphatic carbocycles. The first-order valence-corrected chi connectivity index (χ1v) is 4.31. The van der Waals surface area contributed by atoms with Gasteiger partial charge in [-0.1, -0.05) is 24.3 Å². The Hall–Kier alpha value is -1.90. The molecule has 2 aromatic rings. The van der Waals surface area contributed by atoms with Crippen LogP contribution in [0.1, 0.15) is 16.1 Å². The van der Waals surface area contributed by atoms with Gasteiger partial charge in [-0.25, -0.2) is 0 Å². The van der Waals surface area contributed by atoms with Crippen LogP contribution < -0.4 is 5.56 Å². The van der Waals surface area contributed by atoms with Gasteiger partial charge < -0.3 is 4.98 Å². The molecule has 14 heavy (non-hydrogen) atoms. The molecule has 0 unspecified atom stereocenters. The molecule has 1 aromatic heterocycles. The van der Waals surface area contributed by atoms with E-state index in [1.807, 2.05) is 25.1 Å². The second-order valence-electron chi connectivity index (χ2n) is 3.16. The van der Waals surface area contributed by atoms with Gasteiger partial charge in [-0.3, -0.25) is 9.59 Å². The number of carbonyl (C=O) groups excluding carboxylic acids is 1. The van der Waals surface area contributed by atoms with Crippen molar-refractivity contribution < 1.29 is 4.79 Å². The van der Waals surface area contributed by atoms with Crippen molar-refractivity contribution >= 4 is 17.1 Å². The van der Waals surface area contributed by atoms with Crippen molar-refractivity contribution in [2.45, 2.75) is 6.92 Å². The standard InChI is InChI=1S/C11H9NO2/c1-7-8-4-2-3-5-9(8)10(6-13)11(14)12-7/h2-6H,1H3,(H,12,14). The maximum atomic E-state index is 11.4. The Morgan fingerprint density at radius 1 is 1.21 bits per heavy atom. The Kier molecular flexibility index (Phi) is 1.93. The number of aromatic nitrogens is 1. The number of hydrogen-bond donors (Lipinski definition) is 1. The summed E-state index contributed by atoms with van der Waals surface area (Å²) in [6.07, 6.45) is 0.598. The van der Waals surface area contributed by atoms with E-state index in [2.05, 4.69) is 4.98 Å². The van der Waals surface area contributed by atoms with Gasteiger partial charge in [-0.15, -0.1) is 0 Å². The Balaban J connectivity index is 3.05. The SMILES string of the molecule is Cc1[nH]c(=O)c(C=O)c2ccccc12. The molecule has 0 atom stereocenters. The molecule has 3 heteroatoms. The molecule has 1 heterocycles. The zero-order valence-electron chi connectivity index (χ0n) is 7.70. The zero-order chi connectivity index (χ0) is 10.1. The number of hydrogen-bond acceptors (Lipinski definition) is 2. The lowest BCUT2D eigenvalue weighted by atomic mass is 10.1. The van der Waals surface area contributed by atoms with Gasteiger partial charge in [-0.05, 0) is 12.3 Å². The van der Waals surface area contributed by atoms with Gasteiger partial charge in [0, 0.05) is 11.1 Å². The summed E-state index contributed by atoms with van der Waals surface area (Å²) in [7, 11) is 0. The van der Waals surface area contributed by atoms with E-state index in [9.17, 15) is 9.59 Å². The number of nitrogens with one attached hydrogen (secondary N) is 1. The lowest BCUT2D eigenvalue weighted by Crippen LogP contribution is -2.13. The zero-order valence-corrected chi connectivity index (χ0v) is 7.70. The monoisotopic (exact) mass is 187 g/mol. The fraction of sp³-hybridized carbons (Fsp3) is 0.0909. The molecule has 0 fully saturated rings. The smallest absolute Gasteiger partial charge is 0.259 e. The second kappa shape index (κ2) is 3.10. The Bertz CT molecular complexity index is 555. The summed E-state index contributed by atoms with van der Waals surface area (Å²) in [4.78, 5) is 24.8. The highest BCUT2D eigenvalue weighted by Crippen LogP contribution is 2.16. The second-order valence-corrected chi connectivity index (χ2v) is 3.16. The summed E-state index contributed by atoms with van der Waals surface area (Å²) in [5, 5.41) is 1.62. The van der Waals surface area contributed by atoms with Crippen molar-refractivity contribution in [2.24, 2.45) is 0 Å². The molecular formula is C11H9NO2. The largest absolute Gasteiger partial charge is 0.325 e. The topological polar surface area (TPSA) is 49.9 Å². The lowest BCUT2D eigenvalue weighted by Gasteiger charge is -2.02. The lowest BCUT2D eigenvalue weighted by molar-refractivity contribution is 0.112. The molecule has 0 aliphatic heterocycles. The average molecular weight is 187 g/mol. The van der Waals surface area contributed by atoms with Crippen LogP contribution in [0.5, 0.6) is 0 Å². The van der Waals surface area contributed by atoms with Crippen LogP contribution in [-0.4, -0.2) is 11.3 Å². The van der Waals surface area contributed by atoms with Crippen LogP contribution in [0.3, 0.4) is 0 Å². The fourth-order valence-corrected chi connectivity index (χ4v) is 1.59. The van der Waals surface area contributed by atoms with Crippen molar-refractivity contribution in [2.75, 3.05) is 0 Å². The number of rotatable bonds is 1. The predicted octanol–water partition coefficient (Wildman–Crippen LogP) is 1.65. The summed E-state index contributed by atoms with van der Waals surface area (Å²) < 4.78 is 0. The van der Waals surface area contributed by atoms with Gasteiger partial charge in [0.2, 0.25) is 0 Å². The minimum Gasteiger partial charge on any atom is -0.325 e. The summed E-state index contributed by atoms with van der Waals surface area (Å²) in [5.41, 5.74) is 0.665. The molecule has 0 aliphatic rings. The van der Waals surface area contributed by atoms with E-state index in [-0.39, 0.29) is 11.1 Å². The number of carbonyl (C=O) groups is 1. The molecule has 0 saturated heterocycles. The van der Waals surface area contributed by atoms with Crippen LogP contribution in [0.25, 0.3) is 10.8 Å². The van der Waals surface area contributed by atoms with Gasteiger partial charge in [0.05, 0.1) is 5.56 Å². The van der Waals surface area contributed by atoms with Crippen molar-refractivity contribution in [1.82, 2.24) is 4.98 Å². The maximum absolute atomic E-state index is 11.4. The van der Waals surface area contributed by atoms with E-state index in [4.69, 9.17) is 0 Å². The van der Waals surface area contributed by atoms with E-state index in [0.717, 1.165) is 11.1 Å². The Labute approximate surface area is 80.4 Å². The third kappa shape index (κ3) is 1.14. The van der Waals surface area contributed by atoms with Crippen LogP contribution >= 0.6 is 0 Å². The number of H-pyrrole nitrogens is 1. The number of aldehydes is 1. The minimum absolute atomic E-state index is 0.200. The molecule has 0 spiro atoms. The van der Waals surface area contributed by atoms with Gasteiger partial charge in [0.25, 0.3) is 5.56 Å². The quantitative estimate of drug-likeness (QED) is 0.690. The van der Waals surface area contributed by atoms with Crippen LogP contribution in [0.4, 0.5) is 0 Å². The average Bonchev–Trinajstić information content (AvgIpc) is 2.18. The van der Waals surface area contributed by atoms with E-state index in [0.29, 0.717) is 11.7 Å².